The molecule has 2 saturated carbocycles. The number of anilines is 1. The van der Waals surface area contributed by atoms with Gasteiger partial charge in [0.1, 0.15) is 30.1 Å². The van der Waals surface area contributed by atoms with Crippen LogP contribution in [0.5, 0.6) is 5.75 Å². The highest BCUT2D eigenvalue weighted by Crippen LogP contribution is 2.48. The van der Waals surface area contributed by atoms with Crippen molar-refractivity contribution >= 4 is 35.2 Å². The van der Waals surface area contributed by atoms with Crippen LogP contribution in [-0.4, -0.2) is 62.0 Å². The third-order valence-electron chi connectivity index (χ3n) is 9.11. The fourth-order valence-electron chi connectivity index (χ4n) is 6.83. The monoisotopic (exact) mass is 601 g/mol. The first-order chi connectivity index (χ1) is 21.2. The first-order valence-corrected chi connectivity index (χ1v) is 14.9. The van der Waals surface area contributed by atoms with E-state index in [9.17, 15) is 19.2 Å². The first-order valence-electron chi connectivity index (χ1n) is 14.9. The average molecular weight is 602 g/mol. The van der Waals surface area contributed by atoms with Gasteiger partial charge in [-0.05, 0) is 68.1 Å². The quantitative estimate of drug-likeness (QED) is 0.260. The van der Waals surface area contributed by atoms with Gasteiger partial charge in [0.15, 0.2) is 6.10 Å². The molecule has 0 radical (unpaired) electrons. The average Bonchev–Trinajstić information content (AvgIpc) is 3.66. The van der Waals surface area contributed by atoms with Crippen molar-refractivity contribution in [2.45, 2.75) is 58.2 Å². The molecule has 6 rings (SSSR count). The summed E-state index contributed by atoms with van der Waals surface area (Å²) in [6.45, 7) is 7.75. The number of aromatic nitrogens is 4. The third kappa shape index (κ3) is 5.61. The lowest BCUT2D eigenvalue weighted by molar-refractivity contribution is -0.152. The van der Waals surface area contributed by atoms with Crippen molar-refractivity contribution in [2.24, 2.45) is 23.7 Å². The molecule has 2 aromatic heterocycles. The fraction of sp³-hybridized carbons (Fsp3) is 0.452. The lowest BCUT2D eigenvalue weighted by Gasteiger charge is -2.38. The number of fused-ring (bicyclic) bond motifs is 3. The number of nitrogens with zero attached hydrogens (tertiary/aromatic N) is 4. The largest absolute Gasteiger partial charge is 0.479 e. The molecule has 1 aliphatic heterocycles. The SMILES string of the molecule is C=CCOC(=O)C1CCC2[C@@H](CC[C@@H]2NC(=O)c2cc(C(=O)NCc3ccc4c(c3)NC(=O)C(C)O4)nc3ncnn23)C1C. The molecule has 3 heterocycles. The minimum Gasteiger partial charge on any atom is -0.479 e. The second-order valence-corrected chi connectivity index (χ2v) is 11.7. The Bertz CT molecular complexity index is 1640. The number of hydrogen-bond acceptors (Lipinski definition) is 9. The topological polar surface area (TPSA) is 166 Å². The number of rotatable bonds is 8. The van der Waals surface area contributed by atoms with E-state index < -0.39 is 12.0 Å². The van der Waals surface area contributed by atoms with Crippen molar-refractivity contribution in [3.05, 3.63) is 60.2 Å². The number of ether oxygens (including phenoxy) is 2. The zero-order valence-corrected chi connectivity index (χ0v) is 24.6. The van der Waals surface area contributed by atoms with Gasteiger partial charge in [0.05, 0.1) is 11.6 Å². The summed E-state index contributed by atoms with van der Waals surface area (Å²) in [6, 6.07) is 6.62. The zero-order chi connectivity index (χ0) is 31.0. The van der Waals surface area contributed by atoms with E-state index in [1.165, 1.54) is 16.9 Å². The number of esters is 1. The molecule has 3 amide bonds. The summed E-state index contributed by atoms with van der Waals surface area (Å²) in [4.78, 5) is 59.7. The van der Waals surface area contributed by atoms with Crippen molar-refractivity contribution in [3.63, 3.8) is 0 Å². The highest BCUT2D eigenvalue weighted by Gasteiger charge is 2.47. The second-order valence-electron chi connectivity index (χ2n) is 11.7. The van der Waals surface area contributed by atoms with Crippen LogP contribution >= 0.6 is 0 Å². The van der Waals surface area contributed by atoms with Crippen molar-refractivity contribution < 1.29 is 28.7 Å². The van der Waals surface area contributed by atoms with Crippen LogP contribution in [0.3, 0.4) is 0 Å². The van der Waals surface area contributed by atoms with Gasteiger partial charge < -0.3 is 25.4 Å². The summed E-state index contributed by atoms with van der Waals surface area (Å²) in [5.41, 5.74) is 1.45. The van der Waals surface area contributed by atoms with Crippen LogP contribution in [0.25, 0.3) is 5.78 Å². The van der Waals surface area contributed by atoms with E-state index in [0.717, 1.165) is 24.8 Å². The van der Waals surface area contributed by atoms with Crippen LogP contribution in [0.1, 0.15) is 66.1 Å². The summed E-state index contributed by atoms with van der Waals surface area (Å²) in [6.07, 6.45) is 5.50. The van der Waals surface area contributed by atoms with Gasteiger partial charge in [0.25, 0.3) is 23.5 Å². The molecule has 3 aromatic rings. The van der Waals surface area contributed by atoms with Gasteiger partial charge in [-0.15, -0.1) is 0 Å². The van der Waals surface area contributed by atoms with Gasteiger partial charge in [-0.3, -0.25) is 19.2 Å². The molecule has 2 fully saturated rings. The normalized spacial score (nSPS) is 25.6. The van der Waals surface area contributed by atoms with Gasteiger partial charge >= 0.3 is 5.97 Å². The molecule has 3 N–H and O–H groups in total. The van der Waals surface area contributed by atoms with Gasteiger partial charge in [-0.1, -0.05) is 25.6 Å². The van der Waals surface area contributed by atoms with Crippen molar-refractivity contribution in [1.29, 1.82) is 0 Å². The maximum atomic E-state index is 13.6. The zero-order valence-electron chi connectivity index (χ0n) is 24.6. The molecule has 0 spiro atoms. The number of amides is 3. The maximum absolute atomic E-state index is 13.6. The number of benzene rings is 1. The molecule has 0 saturated heterocycles. The highest BCUT2D eigenvalue weighted by molar-refractivity contribution is 5.99. The van der Waals surface area contributed by atoms with Crippen LogP contribution in [-0.2, 0) is 20.9 Å². The molecular weight excluding hydrogens is 566 g/mol. The van der Waals surface area contributed by atoms with Crippen LogP contribution in [0.4, 0.5) is 5.69 Å². The Morgan fingerprint density at radius 1 is 1.14 bits per heavy atom. The Balaban J connectivity index is 1.13. The molecule has 0 bridgehead atoms. The smallest absolute Gasteiger partial charge is 0.309 e. The van der Waals surface area contributed by atoms with Crippen LogP contribution < -0.4 is 20.7 Å². The van der Waals surface area contributed by atoms with E-state index in [1.807, 2.05) is 0 Å². The molecule has 4 unspecified atom stereocenters. The van der Waals surface area contributed by atoms with Crippen LogP contribution in [0.2, 0.25) is 0 Å². The summed E-state index contributed by atoms with van der Waals surface area (Å²) >= 11 is 0. The van der Waals surface area contributed by atoms with Crippen molar-refractivity contribution in [3.8, 4) is 5.75 Å². The Morgan fingerprint density at radius 2 is 1.95 bits per heavy atom. The number of carbonyl (C=O) groups excluding carboxylic acids is 4. The van der Waals surface area contributed by atoms with Gasteiger partial charge in [-0.25, -0.2) is 4.98 Å². The predicted octanol–water partition coefficient (Wildman–Crippen LogP) is 2.67. The van der Waals surface area contributed by atoms with E-state index in [4.69, 9.17) is 9.47 Å². The molecule has 3 aliphatic rings. The molecule has 230 valence electrons. The number of nitrogens with one attached hydrogen (secondary N) is 3. The van der Waals surface area contributed by atoms with Crippen molar-refractivity contribution in [2.75, 3.05) is 11.9 Å². The Morgan fingerprint density at radius 3 is 2.77 bits per heavy atom. The minimum absolute atomic E-state index is 0.0236. The predicted molar refractivity (Wildman–Crippen MR) is 158 cm³/mol. The third-order valence-corrected chi connectivity index (χ3v) is 9.11. The fourth-order valence-corrected chi connectivity index (χ4v) is 6.83. The Labute approximate surface area is 253 Å². The summed E-state index contributed by atoms with van der Waals surface area (Å²) < 4.78 is 12.2. The Kier molecular flexibility index (Phi) is 8.02. The standard InChI is InChI=1S/C31H35N7O6/c1-4-11-43-30(42)20-6-7-21-19(16(20)2)8-9-22(21)35-29(41)25-13-24(37-31-33-15-34-38(25)31)28(40)32-14-18-5-10-26-23(12-18)36-27(39)17(3)44-26/h4-5,10,12-13,15-17,19-22H,1,6-9,11,14H2,2-3H3,(H,32,40)(H,35,41)(H,36,39)/t16?,17?,19-,20?,21?,22-/m0/s1. The van der Waals surface area contributed by atoms with E-state index in [0.29, 0.717) is 23.8 Å². The first kappa shape index (κ1) is 29.3. The van der Waals surface area contributed by atoms with Crippen molar-refractivity contribution in [1.82, 2.24) is 30.2 Å². The van der Waals surface area contributed by atoms with Gasteiger partial charge in [-0.2, -0.15) is 14.6 Å². The molecule has 6 atom stereocenters. The molecule has 13 heteroatoms. The van der Waals surface area contributed by atoms with Crippen LogP contribution in [0.15, 0.2) is 43.2 Å². The van der Waals surface area contributed by atoms with E-state index in [2.05, 4.69) is 44.5 Å². The lowest BCUT2D eigenvalue weighted by Crippen LogP contribution is -2.44. The van der Waals surface area contributed by atoms with Gasteiger partial charge in [0, 0.05) is 18.7 Å². The maximum Gasteiger partial charge on any atom is 0.309 e. The lowest BCUT2D eigenvalue weighted by atomic mass is 9.68. The molecule has 13 nitrogen and oxygen atoms in total. The number of carbonyl (C=O) groups is 4. The second kappa shape index (κ2) is 12.1. The van der Waals surface area contributed by atoms with E-state index in [1.54, 1.807) is 31.2 Å². The molecule has 2 aliphatic carbocycles. The molecule has 1 aromatic carbocycles. The number of hydrogen-bond donors (Lipinski definition) is 3. The Hall–Kier alpha value is -4.81. The molecule has 44 heavy (non-hydrogen) atoms. The highest BCUT2D eigenvalue weighted by atomic mass is 16.5. The van der Waals surface area contributed by atoms with Crippen LogP contribution in [0, 0.1) is 23.7 Å². The summed E-state index contributed by atoms with van der Waals surface area (Å²) in [7, 11) is 0. The molecular formula is C31H35N7O6. The summed E-state index contributed by atoms with van der Waals surface area (Å²) in [5, 5.41) is 12.9. The van der Waals surface area contributed by atoms with Gasteiger partial charge in [0.2, 0.25) is 0 Å². The summed E-state index contributed by atoms with van der Waals surface area (Å²) in [5.74, 6) is -0.0693. The van der Waals surface area contributed by atoms with E-state index >= 15 is 0 Å². The minimum atomic E-state index is -0.579. The van der Waals surface area contributed by atoms with E-state index in [-0.39, 0.29) is 71.9 Å².